The maximum atomic E-state index is 13.0. The number of benzene rings is 2. The monoisotopic (exact) mass is 327 g/mol. The van der Waals surface area contributed by atoms with Gasteiger partial charge in [-0.05, 0) is 18.6 Å². The highest BCUT2D eigenvalue weighted by Crippen LogP contribution is 2.48. The average Bonchev–Trinajstić information content (AvgIpc) is 2.60. The Morgan fingerprint density at radius 3 is 2.43 bits per heavy atom. The van der Waals surface area contributed by atoms with Gasteiger partial charge in [0.15, 0.2) is 0 Å². The summed E-state index contributed by atoms with van der Waals surface area (Å²) in [7, 11) is -0.642. The minimum absolute atomic E-state index is 0.479. The van der Waals surface area contributed by atoms with Crippen LogP contribution in [0, 0.1) is 6.92 Å². The molecule has 2 aromatic carbocycles. The fourth-order valence-corrected chi connectivity index (χ4v) is 3.98. The van der Waals surface area contributed by atoms with E-state index in [9.17, 15) is 4.57 Å². The first kappa shape index (κ1) is 15.9. The minimum atomic E-state index is -3.42. The maximum Gasteiger partial charge on any atom is 0.363 e. The Bertz CT molecular complexity index is 900. The SMILES string of the molecule is COP(=O)(OC)c1cnc2ccccc2c1-c1cccc(C)c1. The number of para-hydroxylation sites is 1. The van der Waals surface area contributed by atoms with Crippen LogP contribution in [0.4, 0.5) is 0 Å². The molecule has 23 heavy (non-hydrogen) atoms. The van der Waals surface area contributed by atoms with Gasteiger partial charge in [0.1, 0.15) is 0 Å². The number of hydrogen-bond donors (Lipinski definition) is 0. The molecular formula is C18H18NO3P. The van der Waals surface area contributed by atoms with Crippen LogP contribution in [0.5, 0.6) is 0 Å². The molecule has 0 N–H and O–H groups in total. The lowest BCUT2D eigenvalue weighted by Gasteiger charge is -2.19. The Kier molecular flexibility index (Phi) is 4.31. The van der Waals surface area contributed by atoms with Gasteiger partial charge in [0.25, 0.3) is 0 Å². The van der Waals surface area contributed by atoms with E-state index in [-0.39, 0.29) is 0 Å². The summed E-state index contributed by atoms with van der Waals surface area (Å²) in [5.74, 6) is 0. The third-order valence-corrected chi connectivity index (χ3v) is 5.73. The van der Waals surface area contributed by atoms with Gasteiger partial charge in [0, 0.05) is 31.4 Å². The van der Waals surface area contributed by atoms with Crippen LogP contribution < -0.4 is 5.30 Å². The van der Waals surface area contributed by atoms with Gasteiger partial charge < -0.3 is 9.05 Å². The zero-order valence-electron chi connectivity index (χ0n) is 13.3. The molecule has 0 aliphatic carbocycles. The van der Waals surface area contributed by atoms with Crippen molar-refractivity contribution in [1.82, 2.24) is 4.98 Å². The molecule has 0 saturated carbocycles. The van der Waals surface area contributed by atoms with E-state index in [4.69, 9.17) is 9.05 Å². The summed E-state index contributed by atoms with van der Waals surface area (Å²) < 4.78 is 23.4. The largest absolute Gasteiger partial charge is 0.363 e. The van der Waals surface area contributed by atoms with Crippen LogP contribution in [0.15, 0.2) is 54.7 Å². The third-order valence-electron chi connectivity index (χ3n) is 3.84. The number of hydrogen-bond acceptors (Lipinski definition) is 4. The van der Waals surface area contributed by atoms with Crippen LogP contribution in [0.1, 0.15) is 5.56 Å². The Labute approximate surface area is 135 Å². The molecule has 5 heteroatoms. The first-order valence-corrected chi connectivity index (χ1v) is 8.80. The molecule has 1 heterocycles. The van der Waals surface area contributed by atoms with Crippen LogP contribution in [-0.4, -0.2) is 19.2 Å². The molecule has 3 aromatic rings. The fraction of sp³-hybridized carbons (Fsp3) is 0.167. The predicted octanol–water partition coefficient (Wildman–Crippen LogP) is 4.32. The number of pyridine rings is 1. The molecule has 0 fully saturated rings. The molecule has 0 atom stereocenters. The van der Waals surface area contributed by atoms with Crippen molar-refractivity contribution in [3.63, 3.8) is 0 Å². The second kappa shape index (κ2) is 6.25. The number of aryl methyl sites for hydroxylation is 1. The predicted molar refractivity (Wildman–Crippen MR) is 93.2 cm³/mol. The van der Waals surface area contributed by atoms with Crippen LogP contribution in [0.3, 0.4) is 0 Å². The van der Waals surface area contributed by atoms with Gasteiger partial charge >= 0.3 is 7.60 Å². The molecule has 0 aliphatic rings. The van der Waals surface area contributed by atoms with Gasteiger partial charge in [-0.25, -0.2) is 0 Å². The number of fused-ring (bicyclic) bond motifs is 1. The summed E-state index contributed by atoms with van der Waals surface area (Å²) in [5, 5.41) is 1.40. The summed E-state index contributed by atoms with van der Waals surface area (Å²) in [6.45, 7) is 2.03. The van der Waals surface area contributed by atoms with E-state index in [1.165, 1.54) is 14.2 Å². The lowest BCUT2D eigenvalue weighted by molar-refractivity contribution is 0.287. The number of rotatable bonds is 4. The highest BCUT2D eigenvalue weighted by atomic mass is 31.2. The second-order valence-electron chi connectivity index (χ2n) is 5.27. The first-order chi connectivity index (χ1) is 11.1. The van der Waals surface area contributed by atoms with E-state index < -0.39 is 7.60 Å². The van der Waals surface area contributed by atoms with Crippen molar-refractivity contribution in [3.05, 3.63) is 60.3 Å². The molecule has 0 radical (unpaired) electrons. The Balaban J connectivity index is 2.42. The number of aromatic nitrogens is 1. The molecule has 1 aromatic heterocycles. The van der Waals surface area contributed by atoms with Gasteiger partial charge in [-0.15, -0.1) is 0 Å². The van der Waals surface area contributed by atoms with E-state index in [2.05, 4.69) is 11.1 Å². The van der Waals surface area contributed by atoms with E-state index in [0.717, 1.165) is 27.6 Å². The normalized spacial score (nSPS) is 11.8. The zero-order valence-corrected chi connectivity index (χ0v) is 14.2. The summed E-state index contributed by atoms with van der Waals surface area (Å²) in [4.78, 5) is 4.42. The molecule has 0 saturated heterocycles. The molecule has 0 aliphatic heterocycles. The van der Waals surface area contributed by atoms with Gasteiger partial charge in [-0.2, -0.15) is 0 Å². The summed E-state index contributed by atoms with van der Waals surface area (Å²) in [6, 6.07) is 15.8. The van der Waals surface area contributed by atoms with Crippen LogP contribution in [-0.2, 0) is 13.6 Å². The van der Waals surface area contributed by atoms with E-state index >= 15 is 0 Å². The lowest BCUT2D eigenvalue weighted by atomic mass is 10.00. The quantitative estimate of drug-likeness (QED) is 0.670. The highest BCUT2D eigenvalue weighted by Gasteiger charge is 2.30. The minimum Gasteiger partial charge on any atom is -0.309 e. The fourth-order valence-electron chi connectivity index (χ4n) is 2.71. The van der Waals surface area contributed by atoms with Crippen molar-refractivity contribution in [3.8, 4) is 11.1 Å². The Morgan fingerprint density at radius 1 is 1.00 bits per heavy atom. The van der Waals surface area contributed by atoms with E-state index in [0.29, 0.717) is 5.30 Å². The topological polar surface area (TPSA) is 48.4 Å². The van der Waals surface area contributed by atoms with Crippen molar-refractivity contribution < 1.29 is 13.6 Å². The van der Waals surface area contributed by atoms with Gasteiger partial charge in [0.2, 0.25) is 0 Å². The van der Waals surface area contributed by atoms with Gasteiger partial charge in [-0.3, -0.25) is 9.55 Å². The molecule has 0 spiro atoms. The molecule has 3 rings (SSSR count). The lowest BCUT2D eigenvalue weighted by Crippen LogP contribution is -2.13. The molecule has 0 amide bonds. The first-order valence-electron chi connectivity index (χ1n) is 7.26. The molecule has 0 unspecified atom stereocenters. The smallest absolute Gasteiger partial charge is 0.309 e. The average molecular weight is 327 g/mol. The van der Waals surface area contributed by atoms with E-state index in [1.807, 2.05) is 49.4 Å². The standard InChI is InChI=1S/C18H18NO3P/c1-13-7-6-8-14(11-13)18-15-9-4-5-10-16(15)19-12-17(18)23(20,21-2)22-3/h4-12H,1-3H3. The van der Waals surface area contributed by atoms with Crippen molar-refractivity contribution in [2.75, 3.05) is 14.2 Å². The Morgan fingerprint density at radius 2 is 1.74 bits per heavy atom. The van der Waals surface area contributed by atoms with Crippen LogP contribution >= 0.6 is 7.60 Å². The molecular weight excluding hydrogens is 309 g/mol. The zero-order chi connectivity index (χ0) is 16.4. The second-order valence-corrected chi connectivity index (χ2v) is 7.47. The van der Waals surface area contributed by atoms with Crippen molar-refractivity contribution in [1.29, 1.82) is 0 Å². The van der Waals surface area contributed by atoms with Crippen LogP contribution in [0.2, 0.25) is 0 Å². The highest BCUT2D eigenvalue weighted by molar-refractivity contribution is 7.62. The molecule has 0 bridgehead atoms. The third kappa shape index (κ3) is 2.81. The summed E-state index contributed by atoms with van der Waals surface area (Å²) in [6.07, 6.45) is 1.59. The summed E-state index contributed by atoms with van der Waals surface area (Å²) >= 11 is 0. The summed E-state index contributed by atoms with van der Waals surface area (Å²) in [5.41, 5.74) is 3.77. The molecule has 4 nitrogen and oxygen atoms in total. The number of nitrogens with zero attached hydrogens (tertiary/aromatic N) is 1. The van der Waals surface area contributed by atoms with Gasteiger partial charge in [0.05, 0.1) is 10.8 Å². The van der Waals surface area contributed by atoms with Crippen molar-refractivity contribution in [2.45, 2.75) is 6.92 Å². The van der Waals surface area contributed by atoms with E-state index in [1.54, 1.807) is 6.20 Å². The van der Waals surface area contributed by atoms with Crippen molar-refractivity contribution in [2.24, 2.45) is 0 Å². The van der Waals surface area contributed by atoms with Crippen molar-refractivity contribution >= 4 is 23.8 Å². The Hall–Kier alpha value is -2.00. The van der Waals surface area contributed by atoms with Crippen LogP contribution in [0.25, 0.3) is 22.0 Å². The molecule has 118 valence electrons. The maximum absolute atomic E-state index is 13.0. The van der Waals surface area contributed by atoms with Gasteiger partial charge in [-0.1, -0.05) is 48.0 Å².